The van der Waals surface area contributed by atoms with Gasteiger partial charge in [0.15, 0.2) is 0 Å². The van der Waals surface area contributed by atoms with Crippen LogP contribution in [0.3, 0.4) is 0 Å². The first-order valence-electron chi connectivity index (χ1n) is 9.70. The number of pyridine rings is 1. The number of carbonyl (C=O) groups is 1. The molecule has 0 saturated carbocycles. The molecule has 2 N–H and O–H groups in total. The first kappa shape index (κ1) is 20.6. The van der Waals surface area contributed by atoms with Crippen molar-refractivity contribution in [1.29, 1.82) is 0 Å². The van der Waals surface area contributed by atoms with Gasteiger partial charge in [-0.05, 0) is 24.1 Å². The molecule has 0 fully saturated rings. The first-order chi connectivity index (χ1) is 14.7. The Balaban J connectivity index is 1.96. The number of hydrogen-bond acceptors (Lipinski definition) is 5. The summed E-state index contributed by atoms with van der Waals surface area (Å²) in [5.41, 5.74) is 8.20. The summed E-state index contributed by atoms with van der Waals surface area (Å²) in [5, 5.41) is 5.13. The maximum absolute atomic E-state index is 14.2. The third-order valence-corrected chi connectivity index (χ3v) is 4.89. The summed E-state index contributed by atoms with van der Waals surface area (Å²) in [7, 11) is 1.74. The lowest BCUT2D eigenvalue weighted by atomic mass is 10.1. The van der Waals surface area contributed by atoms with E-state index in [1.165, 1.54) is 0 Å². The van der Waals surface area contributed by atoms with Gasteiger partial charge in [-0.1, -0.05) is 6.92 Å². The molecule has 0 aliphatic heterocycles. The van der Waals surface area contributed by atoms with E-state index in [4.69, 9.17) is 5.73 Å². The van der Waals surface area contributed by atoms with Crippen molar-refractivity contribution in [2.75, 3.05) is 0 Å². The number of rotatable bonds is 6. The molecule has 0 unspecified atom stereocenters. The van der Waals surface area contributed by atoms with Gasteiger partial charge in [-0.15, -0.1) is 0 Å². The molecule has 0 spiro atoms. The van der Waals surface area contributed by atoms with E-state index >= 15 is 0 Å². The molecule has 10 heteroatoms. The van der Waals surface area contributed by atoms with Gasteiger partial charge in [-0.25, -0.2) is 9.97 Å². The van der Waals surface area contributed by atoms with Crippen LogP contribution in [0.25, 0.3) is 28.1 Å². The second-order valence-electron chi connectivity index (χ2n) is 7.41. The molecule has 0 atom stereocenters. The van der Waals surface area contributed by atoms with Gasteiger partial charge >= 0.3 is 5.92 Å². The van der Waals surface area contributed by atoms with Crippen molar-refractivity contribution in [3.8, 4) is 17.2 Å². The van der Waals surface area contributed by atoms with Crippen LogP contribution in [0.1, 0.15) is 30.9 Å². The van der Waals surface area contributed by atoms with Crippen LogP contribution in [0, 0.1) is 0 Å². The first-order valence-corrected chi connectivity index (χ1v) is 9.70. The number of fused-ring (bicyclic) bond motifs is 1. The topological polar surface area (TPSA) is 105 Å². The van der Waals surface area contributed by atoms with E-state index in [9.17, 15) is 13.6 Å². The number of halogens is 2. The van der Waals surface area contributed by atoms with E-state index in [0.717, 1.165) is 17.9 Å². The minimum Gasteiger partial charge on any atom is -0.369 e. The van der Waals surface area contributed by atoms with Crippen molar-refractivity contribution in [2.45, 2.75) is 32.6 Å². The number of amides is 1. The van der Waals surface area contributed by atoms with Crippen LogP contribution in [0.15, 0.2) is 36.8 Å². The lowest BCUT2D eigenvalue weighted by Gasteiger charge is -2.13. The average molecular weight is 425 g/mol. The predicted molar refractivity (Wildman–Crippen MR) is 111 cm³/mol. The Morgan fingerprint density at radius 1 is 1.23 bits per heavy atom. The van der Waals surface area contributed by atoms with Gasteiger partial charge < -0.3 is 10.3 Å². The lowest BCUT2D eigenvalue weighted by molar-refractivity contribution is -0.117. The van der Waals surface area contributed by atoms with E-state index in [1.807, 2.05) is 13.1 Å². The van der Waals surface area contributed by atoms with Gasteiger partial charge in [0.2, 0.25) is 11.7 Å². The minimum atomic E-state index is -3.24. The fraction of sp³-hybridized carbons (Fsp3) is 0.286. The number of aromatic nitrogens is 6. The van der Waals surface area contributed by atoms with E-state index in [0.29, 0.717) is 23.3 Å². The highest BCUT2D eigenvalue weighted by Crippen LogP contribution is 2.30. The van der Waals surface area contributed by atoms with Crippen LogP contribution in [-0.4, -0.2) is 35.2 Å². The molecule has 31 heavy (non-hydrogen) atoms. The Morgan fingerprint density at radius 2 is 2.00 bits per heavy atom. The molecule has 0 radical (unpaired) electrons. The number of primary amides is 1. The molecule has 4 rings (SSSR count). The Kier molecular flexibility index (Phi) is 5.00. The summed E-state index contributed by atoms with van der Waals surface area (Å²) in [4.78, 5) is 23.9. The molecule has 4 aromatic heterocycles. The van der Waals surface area contributed by atoms with Crippen LogP contribution in [0.4, 0.5) is 8.78 Å². The maximum atomic E-state index is 14.2. The molecule has 4 aromatic rings. The predicted octanol–water partition coefficient (Wildman–Crippen LogP) is 2.92. The summed E-state index contributed by atoms with van der Waals surface area (Å²) < 4.78 is 31.7. The van der Waals surface area contributed by atoms with Gasteiger partial charge in [-0.2, -0.15) is 13.9 Å². The second-order valence-corrected chi connectivity index (χ2v) is 7.41. The second kappa shape index (κ2) is 7.53. The fourth-order valence-corrected chi connectivity index (χ4v) is 3.41. The third kappa shape index (κ3) is 4.00. The third-order valence-electron chi connectivity index (χ3n) is 4.89. The maximum Gasteiger partial charge on any atom is 0.303 e. The number of aryl methyl sites for hydroxylation is 2. The standard InChI is InChI=1S/C21H21F2N7O/c1-4-12-11-30(17-7-13(8-18(24)31)25-10-14(12)17)19-9-16(15-5-6-29(3)28-15)26-20(27-19)21(2,22)23/h5-7,9-11H,4,8H2,1-3H3,(H2,24,31). The fourth-order valence-electron chi connectivity index (χ4n) is 3.41. The van der Waals surface area contributed by atoms with E-state index in [2.05, 4.69) is 20.1 Å². The summed E-state index contributed by atoms with van der Waals surface area (Å²) in [6, 6.07) is 5.04. The molecule has 1 amide bonds. The van der Waals surface area contributed by atoms with Crippen molar-refractivity contribution in [1.82, 2.24) is 29.3 Å². The van der Waals surface area contributed by atoms with Crippen molar-refractivity contribution in [3.63, 3.8) is 0 Å². The van der Waals surface area contributed by atoms with E-state index in [-0.39, 0.29) is 17.9 Å². The average Bonchev–Trinajstić information content (AvgIpc) is 3.30. The highest BCUT2D eigenvalue weighted by molar-refractivity contribution is 5.86. The highest BCUT2D eigenvalue weighted by atomic mass is 19.3. The smallest absolute Gasteiger partial charge is 0.303 e. The quantitative estimate of drug-likeness (QED) is 0.511. The zero-order valence-corrected chi connectivity index (χ0v) is 17.3. The monoisotopic (exact) mass is 425 g/mol. The van der Waals surface area contributed by atoms with Gasteiger partial charge in [0, 0.05) is 44.0 Å². The number of alkyl halides is 2. The summed E-state index contributed by atoms with van der Waals surface area (Å²) in [6.07, 6.45) is 5.89. The molecule has 0 aromatic carbocycles. The highest BCUT2D eigenvalue weighted by Gasteiger charge is 2.30. The molecule has 0 aliphatic rings. The molecular weight excluding hydrogens is 404 g/mol. The zero-order valence-electron chi connectivity index (χ0n) is 17.3. The van der Waals surface area contributed by atoms with Crippen molar-refractivity contribution in [2.24, 2.45) is 12.8 Å². The van der Waals surface area contributed by atoms with Crippen LogP contribution in [0.5, 0.6) is 0 Å². The van der Waals surface area contributed by atoms with E-state index in [1.54, 1.807) is 46.9 Å². The Hall–Kier alpha value is -3.69. The van der Waals surface area contributed by atoms with Crippen LogP contribution in [0.2, 0.25) is 0 Å². The van der Waals surface area contributed by atoms with E-state index < -0.39 is 17.7 Å². The SMILES string of the molecule is CCc1cn(-c2cc(-c3ccn(C)n3)nc(C(C)(F)F)n2)c2cc(CC(N)=O)ncc12. The van der Waals surface area contributed by atoms with Gasteiger partial charge in [-0.3, -0.25) is 14.5 Å². The molecule has 0 saturated heterocycles. The van der Waals surface area contributed by atoms with Crippen molar-refractivity contribution in [3.05, 3.63) is 53.9 Å². The molecule has 4 heterocycles. The largest absolute Gasteiger partial charge is 0.369 e. The van der Waals surface area contributed by atoms with Gasteiger partial charge in [0.05, 0.1) is 23.3 Å². The molecule has 0 aliphatic carbocycles. The number of nitrogens with zero attached hydrogens (tertiary/aromatic N) is 6. The summed E-state index contributed by atoms with van der Waals surface area (Å²) >= 11 is 0. The lowest BCUT2D eigenvalue weighted by Crippen LogP contribution is -2.15. The van der Waals surface area contributed by atoms with Crippen LogP contribution >= 0.6 is 0 Å². The molecule has 8 nitrogen and oxygen atoms in total. The van der Waals surface area contributed by atoms with Gasteiger partial charge in [0.25, 0.3) is 0 Å². The van der Waals surface area contributed by atoms with Crippen LogP contribution < -0.4 is 5.73 Å². The minimum absolute atomic E-state index is 0.0240. The summed E-state index contributed by atoms with van der Waals surface area (Å²) in [5.74, 6) is -4.08. The van der Waals surface area contributed by atoms with Crippen molar-refractivity contribution < 1.29 is 13.6 Å². The Morgan fingerprint density at radius 3 is 2.61 bits per heavy atom. The molecule has 160 valence electrons. The molecular formula is C21H21F2N7O. The Bertz CT molecular complexity index is 1290. The van der Waals surface area contributed by atoms with Crippen molar-refractivity contribution >= 4 is 16.8 Å². The number of carbonyl (C=O) groups excluding carboxylic acids is 1. The van der Waals surface area contributed by atoms with Gasteiger partial charge in [0.1, 0.15) is 11.5 Å². The normalized spacial score (nSPS) is 11.9. The summed E-state index contributed by atoms with van der Waals surface area (Å²) in [6.45, 7) is 2.75. The zero-order chi connectivity index (χ0) is 22.3. The van der Waals surface area contributed by atoms with Crippen LogP contribution in [-0.2, 0) is 30.6 Å². The molecule has 0 bridgehead atoms. The number of hydrogen-bond donors (Lipinski definition) is 1. The Labute approximate surface area is 176 Å². The number of nitrogens with two attached hydrogens (primary N) is 1.